The third-order valence-corrected chi connectivity index (χ3v) is 2.69. The van der Waals surface area contributed by atoms with Crippen LogP contribution in [-0.4, -0.2) is 12.5 Å². The van der Waals surface area contributed by atoms with Crippen LogP contribution in [-0.2, 0) is 4.79 Å². The molecule has 0 fully saturated rings. The van der Waals surface area contributed by atoms with Crippen molar-refractivity contribution in [2.75, 3.05) is 11.9 Å². The van der Waals surface area contributed by atoms with Gasteiger partial charge in [0.1, 0.15) is 5.75 Å². The SMILES string of the molecule is CCOc1ccc2c(c1)C(N)CCC(=O)N2. The van der Waals surface area contributed by atoms with Crippen LogP contribution >= 0.6 is 0 Å². The highest BCUT2D eigenvalue weighted by Gasteiger charge is 2.19. The van der Waals surface area contributed by atoms with E-state index in [2.05, 4.69) is 5.32 Å². The van der Waals surface area contributed by atoms with Crippen LogP contribution < -0.4 is 15.8 Å². The second-order valence-corrected chi connectivity index (χ2v) is 3.88. The fourth-order valence-electron chi connectivity index (χ4n) is 1.87. The van der Waals surface area contributed by atoms with Crippen LogP contribution in [0.4, 0.5) is 5.69 Å². The summed E-state index contributed by atoms with van der Waals surface area (Å²) in [7, 11) is 0. The molecule has 0 bridgehead atoms. The number of carbonyl (C=O) groups is 1. The molecule has 2 rings (SSSR count). The number of anilines is 1. The lowest BCUT2D eigenvalue weighted by Gasteiger charge is -2.13. The normalized spacial score (nSPS) is 19.6. The van der Waals surface area contributed by atoms with Crippen LogP contribution in [0.1, 0.15) is 31.4 Å². The van der Waals surface area contributed by atoms with E-state index in [9.17, 15) is 4.79 Å². The molecule has 1 aromatic rings. The first-order valence-electron chi connectivity index (χ1n) is 5.53. The van der Waals surface area contributed by atoms with E-state index in [-0.39, 0.29) is 11.9 Å². The third-order valence-electron chi connectivity index (χ3n) is 2.69. The minimum Gasteiger partial charge on any atom is -0.494 e. The van der Waals surface area contributed by atoms with E-state index >= 15 is 0 Å². The first kappa shape index (κ1) is 11.0. The van der Waals surface area contributed by atoms with Crippen molar-refractivity contribution in [2.24, 2.45) is 5.73 Å². The lowest BCUT2D eigenvalue weighted by molar-refractivity contribution is -0.116. The highest BCUT2D eigenvalue weighted by atomic mass is 16.5. The molecular weight excluding hydrogens is 204 g/mol. The molecule has 0 saturated carbocycles. The third kappa shape index (κ3) is 2.17. The van der Waals surface area contributed by atoms with E-state index in [4.69, 9.17) is 10.5 Å². The molecule has 4 heteroatoms. The summed E-state index contributed by atoms with van der Waals surface area (Å²) in [6.45, 7) is 2.56. The molecular formula is C12H16N2O2. The van der Waals surface area contributed by atoms with Gasteiger partial charge in [0.05, 0.1) is 6.61 Å². The van der Waals surface area contributed by atoms with E-state index < -0.39 is 0 Å². The zero-order chi connectivity index (χ0) is 11.5. The van der Waals surface area contributed by atoms with Gasteiger partial charge in [-0.25, -0.2) is 0 Å². The van der Waals surface area contributed by atoms with Crippen molar-refractivity contribution in [1.82, 2.24) is 0 Å². The predicted molar refractivity (Wildman–Crippen MR) is 62.4 cm³/mol. The van der Waals surface area contributed by atoms with Crippen molar-refractivity contribution < 1.29 is 9.53 Å². The second kappa shape index (κ2) is 4.53. The number of benzene rings is 1. The Hall–Kier alpha value is -1.55. The first-order chi connectivity index (χ1) is 7.70. The molecule has 0 saturated heterocycles. The average Bonchev–Trinajstić information content (AvgIpc) is 2.40. The fraction of sp³-hybridized carbons (Fsp3) is 0.417. The maximum absolute atomic E-state index is 11.4. The topological polar surface area (TPSA) is 64.3 Å². The van der Waals surface area contributed by atoms with Crippen LogP contribution in [0.15, 0.2) is 18.2 Å². The number of fused-ring (bicyclic) bond motifs is 1. The maximum Gasteiger partial charge on any atom is 0.224 e. The molecule has 3 N–H and O–H groups in total. The molecule has 1 aliphatic heterocycles. The van der Waals surface area contributed by atoms with Crippen LogP contribution in [0.2, 0.25) is 0 Å². The van der Waals surface area contributed by atoms with Gasteiger partial charge >= 0.3 is 0 Å². The van der Waals surface area contributed by atoms with Crippen LogP contribution in [0.5, 0.6) is 5.75 Å². The summed E-state index contributed by atoms with van der Waals surface area (Å²) in [6.07, 6.45) is 1.15. The van der Waals surface area contributed by atoms with Gasteiger partial charge in [-0.05, 0) is 37.1 Å². The monoisotopic (exact) mass is 220 g/mol. The minimum absolute atomic E-state index is 0.0263. The number of rotatable bonds is 2. The van der Waals surface area contributed by atoms with Crippen molar-refractivity contribution in [3.8, 4) is 5.75 Å². The number of carbonyl (C=O) groups excluding carboxylic acids is 1. The van der Waals surface area contributed by atoms with Crippen molar-refractivity contribution in [3.05, 3.63) is 23.8 Å². The molecule has 1 amide bonds. The Morgan fingerprint density at radius 3 is 3.12 bits per heavy atom. The van der Waals surface area contributed by atoms with Gasteiger partial charge in [-0.1, -0.05) is 0 Å². The molecule has 86 valence electrons. The Balaban J connectivity index is 2.35. The van der Waals surface area contributed by atoms with Crippen molar-refractivity contribution in [3.63, 3.8) is 0 Å². The summed E-state index contributed by atoms with van der Waals surface area (Å²) in [6, 6.07) is 5.51. The van der Waals surface area contributed by atoms with Crippen LogP contribution in [0.25, 0.3) is 0 Å². The number of ether oxygens (including phenoxy) is 1. The van der Waals surface area contributed by atoms with E-state index in [1.165, 1.54) is 0 Å². The molecule has 1 aromatic carbocycles. The molecule has 1 atom stereocenters. The van der Waals surface area contributed by atoms with Gasteiger partial charge in [-0.15, -0.1) is 0 Å². The number of nitrogens with one attached hydrogen (secondary N) is 1. The summed E-state index contributed by atoms with van der Waals surface area (Å²) in [4.78, 5) is 11.4. The number of amides is 1. The van der Waals surface area contributed by atoms with Crippen molar-refractivity contribution in [1.29, 1.82) is 0 Å². The Morgan fingerprint density at radius 1 is 1.56 bits per heavy atom. The zero-order valence-electron chi connectivity index (χ0n) is 9.32. The molecule has 1 heterocycles. The van der Waals surface area contributed by atoms with Gasteiger partial charge in [0.15, 0.2) is 0 Å². The Bertz CT molecular complexity index is 404. The van der Waals surface area contributed by atoms with E-state index in [0.717, 1.165) is 17.0 Å². The number of hydrogen-bond acceptors (Lipinski definition) is 3. The van der Waals surface area contributed by atoms with Gasteiger partial charge in [0.2, 0.25) is 5.91 Å². The van der Waals surface area contributed by atoms with Gasteiger partial charge in [-0.3, -0.25) is 4.79 Å². The van der Waals surface area contributed by atoms with Crippen LogP contribution in [0, 0.1) is 0 Å². The maximum atomic E-state index is 11.4. The van der Waals surface area contributed by atoms with Crippen molar-refractivity contribution in [2.45, 2.75) is 25.8 Å². The van der Waals surface area contributed by atoms with Crippen LogP contribution in [0.3, 0.4) is 0 Å². The largest absolute Gasteiger partial charge is 0.494 e. The van der Waals surface area contributed by atoms with E-state index in [0.29, 0.717) is 19.4 Å². The number of nitrogens with two attached hydrogens (primary N) is 1. The lowest BCUT2D eigenvalue weighted by atomic mass is 10.0. The molecule has 0 aliphatic carbocycles. The quantitative estimate of drug-likeness (QED) is 0.799. The first-order valence-corrected chi connectivity index (χ1v) is 5.53. The highest BCUT2D eigenvalue weighted by Crippen LogP contribution is 2.31. The van der Waals surface area contributed by atoms with Gasteiger partial charge in [0, 0.05) is 18.2 Å². The second-order valence-electron chi connectivity index (χ2n) is 3.88. The molecule has 0 aromatic heterocycles. The highest BCUT2D eigenvalue weighted by molar-refractivity contribution is 5.92. The van der Waals surface area contributed by atoms with E-state index in [1.54, 1.807) is 0 Å². The standard InChI is InChI=1S/C12H16N2O2/c1-2-16-8-3-5-11-9(7-8)10(13)4-6-12(15)14-11/h3,5,7,10H,2,4,6,13H2,1H3,(H,14,15). The molecule has 4 nitrogen and oxygen atoms in total. The number of hydrogen-bond donors (Lipinski definition) is 2. The molecule has 0 radical (unpaired) electrons. The van der Waals surface area contributed by atoms with Gasteiger partial charge < -0.3 is 15.8 Å². The molecule has 1 aliphatic rings. The minimum atomic E-state index is -0.102. The molecule has 0 spiro atoms. The fourth-order valence-corrected chi connectivity index (χ4v) is 1.87. The summed E-state index contributed by atoms with van der Waals surface area (Å²) >= 11 is 0. The van der Waals surface area contributed by atoms with Gasteiger partial charge in [0.25, 0.3) is 0 Å². The molecule has 16 heavy (non-hydrogen) atoms. The smallest absolute Gasteiger partial charge is 0.224 e. The zero-order valence-corrected chi connectivity index (χ0v) is 9.32. The summed E-state index contributed by atoms with van der Waals surface area (Å²) in [5, 5.41) is 2.85. The Labute approximate surface area is 94.8 Å². The summed E-state index contributed by atoms with van der Waals surface area (Å²) in [5.74, 6) is 0.825. The molecule has 1 unspecified atom stereocenters. The Kier molecular flexibility index (Phi) is 3.10. The predicted octanol–water partition coefficient (Wildman–Crippen LogP) is 1.82. The lowest BCUT2D eigenvalue weighted by Crippen LogP contribution is -2.09. The average molecular weight is 220 g/mol. The summed E-state index contributed by atoms with van der Waals surface area (Å²) < 4.78 is 5.42. The van der Waals surface area contributed by atoms with E-state index in [1.807, 2.05) is 25.1 Å². The van der Waals surface area contributed by atoms with Crippen molar-refractivity contribution >= 4 is 11.6 Å². The summed E-state index contributed by atoms with van der Waals surface area (Å²) in [5.41, 5.74) is 7.79. The Morgan fingerprint density at radius 2 is 2.38 bits per heavy atom. The van der Waals surface area contributed by atoms with Gasteiger partial charge in [-0.2, -0.15) is 0 Å².